The molecule has 0 saturated heterocycles. The van der Waals surface area contributed by atoms with E-state index >= 15 is 0 Å². The van der Waals surface area contributed by atoms with E-state index < -0.39 is 6.10 Å². The van der Waals surface area contributed by atoms with Gasteiger partial charge in [-0.15, -0.1) is 0 Å². The molecule has 0 aromatic heterocycles. The predicted molar refractivity (Wildman–Crippen MR) is 79.7 cm³/mol. The van der Waals surface area contributed by atoms with Crippen LogP contribution in [0.3, 0.4) is 0 Å². The van der Waals surface area contributed by atoms with Gasteiger partial charge in [-0.2, -0.15) is 0 Å². The molecule has 0 aliphatic carbocycles. The highest BCUT2D eigenvalue weighted by atomic mass is 16.5. The van der Waals surface area contributed by atoms with Gasteiger partial charge in [-0.3, -0.25) is 0 Å². The van der Waals surface area contributed by atoms with E-state index in [2.05, 4.69) is 24.4 Å². The second-order valence-electron chi connectivity index (χ2n) is 4.80. The summed E-state index contributed by atoms with van der Waals surface area (Å²) in [6, 6.07) is 6.05. The van der Waals surface area contributed by atoms with Crippen LogP contribution in [0.25, 0.3) is 0 Å². The Labute approximate surface area is 116 Å². The normalized spacial score (nSPS) is 12.8. The lowest BCUT2D eigenvalue weighted by atomic mass is 10.1. The molecule has 0 amide bonds. The van der Waals surface area contributed by atoms with Crippen molar-refractivity contribution >= 4 is 0 Å². The molecule has 0 saturated carbocycles. The Morgan fingerprint density at radius 1 is 1.37 bits per heavy atom. The van der Waals surface area contributed by atoms with Crippen LogP contribution in [0.4, 0.5) is 0 Å². The van der Waals surface area contributed by atoms with E-state index in [0.29, 0.717) is 13.2 Å². The van der Waals surface area contributed by atoms with Crippen molar-refractivity contribution < 1.29 is 9.84 Å². The fourth-order valence-corrected chi connectivity index (χ4v) is 1.83. The fraction of sp³-hybridized carbons (Fsp3) is 0.500. The maximum absolute atomic E-state index is 9.81. The van der Waals surface area contributed by atoms with Gasteiger partial charge < -0.3 is 15.2 Å². The lowest BCUT2D eigenvalue weighted by Gasteiger charge is -2.14. The summed E-state index contributed by atoms with van der Waals surface area (Å²) in [5, 5.41) is 13.0. The summed E-state index contributed by atoms with van der Waals surface area (Å²) in [5.74, 6) is 0.846. The standard InChI is InChI=1S/C16H25NO2/c1-4-5-6-9-17-11-15(18)12-19-16-8-7-13(2)10-14(16)3/h4-5,7-8,10,15,17-18H,6,9,11-12H2,1-3H3/b5-4+. The fourth-order valence-electron chi connectivity index (χ4n) is 1.83. The summed E-state index contributed by atoms with van der Waals surface area (Å²) < 4.78 is 5.63. The molecule has 0 aliphatic rings. The van der Waals surface area contributed by atoms with Gasteiger partial charge in [-0.1, -0.05) is 29.8 Å². The van der Waals surface area contributed by atoms with Gasteiger partial charge in [0.2, 0.25) is 0 Å². The van der Waals surface area contributed by atoms with Crippen LogP contribution < -0.4 is 10.1 Å². The molecule has 1 unspecified atom stereocenters. The van der Waals surface area contributed by atoms with E-state index in [9.17, 15) is 5.11 Å². The van der Waals surface area contributed by atoms with Gasteiger partial charge in [0.15, 0.2) is 0 Å². The molecule has 0 fully saturated rings. The molecular formula is C16H25NO2. The highest BCUT2D eigenvalue weighted by Crippen LogP contribution is 2.18. The molecule has 0 heterocycles. The lowest BCUT2D eigenvalue weighted by Crippen LogP contribution is -2.31. The molecule has 0 spiro atoms. The topological polar surface area (TPSA) is 41.5 Å². The minimum Gasteiger partial charge on any atom is -0.491 e. The third-order valence-electron chi connectivity index (χ3n) is 2.87. The van der Waals surface area contributed by atoms with Gasteiger partial charge in [0, 0.05) is 6.54 Å². The van der Waals surface area contributed by atoms with Crippen LogP contribution in [0.5, 0.6) is 5.75 Å². The van der Waals surface area contributed by atoms with Crippen molar-refractivity contribution in [1.29, 1.82) is 0 Å². The molecule has 1 atom stereocenters. The Balaban J connectivity index is 2.24. The Bertz CT molecular complexity index is 402. The monoisotopic (exact) mass is 263 g/mol. The second kappa shape index (κ2) is 8.73. The van der Waals surface area contributed by atoms with Crippen molar-refractivity contribution in [3.63, 3.8) is 0 Å². The van der Waals surface area contributed by atoms with Crippen LogP contribution in [0.2, 0.25) is 0 Å². The third-order valence-corrected chi connectivity index (χ3v) is 2.87. The SMILES string of the molecule is C/C=C/CCNCC(O)COc1ccc(C)cc1C. The second-order valence-corrected chi connectivity index (χ2v) is 4.80. The zero-order chi connectivity index (χ0) is 14.1. The Morgan fingerprint density at radius 2 is 2.16 bits per heavy atom. The summed E-state index contributed by atoms with van der Waals surface area (Å²) in [6.07, 6.45) is 4.64. The molecule has 0 bridgehead atoms. The van der Waals surface area contributed by atoms with Crippen LogP contribution >= 0.6 is 0 Å². The van der Waals surface area contributed by atoms with Gasteiger partial charge in [-0.05, 0) is 45.4 Å². The average molecular weight is 263 g/mol. The molecule has 106 valence electrons. The number of aliphatic hydroxyl groups is 1. The minimum atomic E-state index is -0.480. The summed E-state index contributed by atoms with van der Waals surface area (Å²) in [5.41, 5.74) is 2.32. The highest BCUT2D eigenvalue weighted by molar-refractivity contribution is 5.35. The number of aliphatic hydroxyl groups excluding tert-OH is 1. The number of allylic oxidation sites excluding steroid dienone is 1. The number of nitrogens with one attached hydrogen (secondary N) is 1. The third kappa shape index (κ3) is 6.41. The smallest absolute Gasteiger partial charge is 0.122 e. The van der Waals surface area contributed by atoms with E-state index in [0.717, 1.165) is 24.3 Å². The summed E-state index contributed by atoms with van der Waals surface area (Å²) in [4.78, 5) is 0. The van der Waals surface area contributed by atoms with Crippen LogP contribution in [0.15, 0.2) is 30.4 Å². The first kappa shape index (κ1) is 15.7. The molecule has 1 aromatic carbocycles. The van der Waals surface area contributed by atoms with Gasteiger partial charge in [0.25, 0.3) is 0 Å². The zero-order valence-electron chi connectivity index (χ0n) is 12.1. The maximum atomic E-state index is 9.81. The van der Waals surface area contributed by atoms with Crippen molar-refractivity contribution in [2.75, 3.05) is 19.7 Å². The molecule has 19 heavy (non-hydrogen) atoms. The predicted octanol–water partition coefficient (Wildman–Crippen LogP) is 2.60. The van der Waals surface area contributed by atoms with Crippen LogP contribution in [-0.4, -0.2) is 30.9 Å². The first-order valence-electron chi connectivity index (χ1n) is 6.83. The molecule has 2 N–H and O–H groups in total. The van der Waals surface area contributed by atoms with Gasteiger partial charge in [0.1, 0.15) is 18.5 Å². The number of aryl methyl sites for hydroxylation is 2. The Kier molecular flexibility index (Phi) is 7.23. The van der Waals surface area contributed by atoms with Crippen molar-refractivity contribution in [2.45, 2.75) is 33.3 Å². The number of rotatable bonds is 8. The molecule has 1 aromatic rings. The van der Waals surface area contributed by atoms with E-state index in [-0.39, 0.29) is 0 Å². The van der Waals surface area contributed by atoms with Gasteiger partial charge in [0.05, 0.1) is 0 Å². The summed E-state index contributed by atoms with van der Waals surface area (Å²) in [6.45, 7) is 7.84. The summed E-state index contributed by atoms with van der Waals surface area (Å²) >= 11 is 0. The molecular weight excluding hydrogens is 238 g/mol. The van der Waals surface area contributed by atoms with E-state index in [1.807, 2.05) is 32.1 Å². The largest absolute Gasteiger partial charge is 0.491 e. The van der Waals surface area contributed by atoms with Crippen LogP contribution in [0, 0.1) is 13.8 Å². The number of hydrogen-bond donors (Lipinski definition) is 2. The molecule has 3 heteroatoms. The molecule has 3 nitrogen and oxygen atoms in total. The number of ether oxygens (including phenoxy) is 1. The van der Waals surface area contributed by atoms with Crippen molar-refractivity contribution in [2.24, 2.45) is 0 Å². The van der Waals surface area contributed by atoms with E-state index in [4.69, 9.17) is 4.74 Å². The van der Waals surface area contributed by atoms with Crippen molar-refractivity contribution in [3.8, 4) is 5.75 Å². The minimum absolute atomic E-state index is 0.320. The first-order valence-corrected chi connectivity index (χ1v) is 6.83. The lowest BCUT2D eigenvalue weighted by molar-refractivity contribution is 0.106. The van der Waals surface area contributed by atoms with Crippen LogP contribution in [0.1, 0.15) is 24.5 Å². The summed E-state index contributed by atoms with van der Waals surface area (Å²) in [7, 11) is 0. The van der Waals surface area contributed by atoms with Gasteiger partial charge >= 0.3 is 0 Å². The highest BCUT2D eigenvalue weighted by Gasteiger charge is 2.06. The Morgan fingerprint density at radius 3 is 2.84 bits per heavy atom. The molecule has 0 radical (unpaired) electrons. The molecule has 0 aliphatic heterocycles. The number of hydrogen-bond acceptors (Lipinski definition) is 3. The van der Waals surface area contributed by atoms with Crippen molar-refractivity contribution in [1.82, 2.24) is 5.32 Å². The van der Waals surface area contributed by atoms with Crippen molar-refractivity contribution in [3.05, 3.63) is 41.5 Å². The Hall–Kier alpha value is -1.32. The zero-order valence-corrected chi connectivity index (χ0v) is 12.1. The van der Waals surface area contributed by atoms with E-state index in [1.165, 1.54) is 5.56 Å². The molecule has 1 rings (SSSR count). The maximum Gasteiger partial charge on any atom is 0.122 e. The van der Waals surface area contributed by atoms with Crippen LogP contribution in [-0.2, 0) is 0 Å². The quantitative estimate of drug-likeness (QED) is 0.559. The average Bonchev–Trinajstić information content (AvgIpc) is 2.37. The van der Waals surface area contributed by atoms with E-state index in [1.54, 1.807) is 0 Å². The first-order chi connectivity index (χ1) is 9.13. The number of benzene rings is 1. The van der Waals surface area contributed by atoms with Gasteiger partial charge in [-0.25, -0.2) is 0 Å².